The Morgan fingerprint density at radius 3 is 1.68 bits per heavy atom. The smallest absolute Gasteiger partial charge is 0.159 e. The second-order valence-corrected chi connectivity index (χ2v) is 13.4. The Bertz CT molecular complexity index is 2840. The number of fused-ring (bicyclic) bond motifs is 4. The van der Waals surface area contributed by atoms with Crippen LogP contribution in [-0.4, -0.2) is 11.7 Å². The molecule has 0 aliphatic carbocycles. The van der Waals surface area contributed by atoms with Crippen LogP contribution in [0, 0.1) is 0 Å². The molecule has 0 bridgehead atoms. The van der Waals surface area contributed by atoms with Crippen LogP contribution in [0.5, 0.6) is 0 Å². The molecule has 8 aromatic carbocycles. The molecule has 9 aromatic rings. The molecule has 1 aliphatic heterocycles. The van der Waals surface area contributed by atoms with Crippen LogP contribution in [0.25, 0.3) is 66.1 Å². The van der Waals surface area contributed by atoms with E-state index in [0.717, 1.165) is 55.6 Å². The van der Waals surface area contributed by atoms with Crippen molar-refractivity contribution in [3.05, 3.63) is 205 Å². The first kappa shape index (κ1) is 30.8. The first-order valence-electron chi connectivity index (χ1n) is 17.9. The number of aliphatic imine (C=N–C) groups is 2. The molecule has 0 fully saturated rings. The van der Waals surface area contributed by atoms with Crippen molar-refractivity contribution in [2.75, 3.05) is 0 Å². The maximum Gasteiger partial charge on any atom is 0.159 e. The highest BCUT2D eigenvalue weighted by molar-refractivity contribution is 6.14. The van der Waals surface area contributed by atoms with Crippen molar-refractivity contribution < 1.29 is 4.42 Å². The summed E-state index contributed by atoms with van der Waals surface area (Å²) >= 11 is 0. The van der Waals surface area contributed by atoms with Crippen LogP contribution in [-0.2, 0) is 0 Å². The third kappa shape index (κ3) is 5.58. The third-order valence-electron chi connectivity index (χ3n) is 10.2. The topological polar surface area (TPSA) is 49.9 Å². The lowest BCUT2D eigenvalue weighted by atomic mass is 9.92. The van der Waals surface area contributed by atoms with E-state index < -0.39 is 0 Å². The van der Waals surface area contributed by atoms with E-state index in [4.69, 9.17) is 14.4 Å². The van der Waals surface area contributed by atoms with Crippen molar-refractivity contribution in [2.24, 2.45) is 9.98 Å². The number of amidine groups is 2. The van der Waals surface area contributed by atoms with Crippen molar-refractivity contribution in [3.8, 4) is 33.4 Å². The summed E-state index contributed by atoms with van der Waals surface area (Å²) in [5.74, 6) is 1.47. The van der Waals surface area contributed by atoms with Gasteiger partial charge in [0.1, 0.15) is 23.2 Å². The highest BCUT2D eigenvalue weighted by Crippen LogP contribution is 2.40. The van der Waals surface area contributed by atoms with E-state index in [1.807, 2.05) is 30.3 Å². The second-order valence-electron chi connectivity index (χ2n) is 13.4. The minimum absolute atomic E-state index is 0.384. The molecule has 4 nitrogen and oxygen atoms in total. The van der Waals surface area contributed by atoms with Gasteiger partial charge in [0.2, 0.25) is 0 Å². The Labute approximate surface area is 307 Å². The molecule has 0 radical (unpaired) electrons. The van der Waals surface area contributed by atoms with E-state index in [1.54, 1.807) is 0 Å². The number of nitrogens with zero attached hydrogens (tertiary/aromatic N) is 2. The lowest BCUT2D eigenvalue weighted by Gasteiger charge is -2.24. The minimum Gasteiger partial charge on any atom is -0.456 e. The molecule has 0 spiro atoms. The van der Waals surface area contributed by atoms with Gasteiger partial charge in [0, 0.05) is 27.5 Å². The molecule has 4 heteroatoms. The molecule has 250 valence electrons. The zero-order valence-electron chi connectivity index (χ0n) is 28.8. The number of benzene rings is 8. The van der Waals surface area contributed by atoms with Gasteiger partial charge in [-0.05, 0) is 62.4 Å². The van der Waals surface area contributed by atoms with Crippen LogP contribution in [0.1, 0.15) is 22.9 Å². The zero-order valence-corrected chi connectivity index (χ0v) is 28.8. The summed E-state index contributed by atoms with van der Waals surface area (Å²) in [5, 5.41) is 8.23. The van der Waals surface area contributed by atoms with Gasteiger partial charge in [-0.15, -0.1) is 0 Å². The summed E-state index contributed by atoms with van der Waals surface area (Å²) in [6.45, 7) is 0. The third-order valence-corrected chi connectivity index (χ3v) is 10.2. The van der Waals surface area contributed by atoms with E-state index >= 15 is 0 Å². The highest BCUT2D eigenvalue weighted by atomic mass is 16.3. The Kier molecular flexibility index (Phi) is 7.51. The normalized spacial score (nSPS) is 14.2. The average Bonchev–Trinajstić information content (AvgIpc) is 3.62. The van der Waals surface area contributed by atoms with Crippen molar-refractivity contribution in [2.45, 2.75) is 6.17 Å². The molecule has 10 rings (SSSR count). The van der Waals surface area contributed by atoms with Gasteiger partial charge in [-0.25, -0.2) is 9.98 Å². The Morgan fingerprint density at radius 2 is 0.981 bits per heavy atom. The fourth-order valence-electron chi connectivity index (χ4n) is 7.59. The lowest BCUT2D eigenvalue weighted by molar-refractivity contribution is 0.662. The summed E-state index contributed by atoms with van der Waals surface area (Å²) in [6, 6.07) is 65.7. The molecule has 0 saturated carbocycles. The van der Waals surface area contributed by atoms with Gasteiger partial charge < -0.3 is 9.73 Å². The van der Waals surface area contributed by atoms with Gasteiger partial charge >= 0.3 is 0 Å². The maximum atomic E-state index is 6.62. The zero-order chi connectivity index (χ0) is 35.1. The first-order valence-corrected chi connectivity index (χ1v) is 17.9. The van der Waals surface area contributed by atoms with Crippen LogP contribution >= 0.6 is 0 Å². The van der Waals surface area contributed by atoms with Crippen LogP contribution < -0.4 is 5.32 Å². The highest BCUT2D eigenvalue weighted by Gasteiger charge is 2.25. The fourth-order valence-corrected chi connectivity index (χ4v) is 7.59. The standard InChI is InChI=1S/C49H33N3O/c1-4-13-32(14-5-1)33-23-25-36(26-24-33)48-50-47(35-17-8-3-9-18-35)51-49(52-48)43-21-12-22-44-46(43)42-28-27-37(31-45(42)53-44)39-30-29-38(34-15-6-2-7-16-34)40-19-10-11-20-41(39)40/h1-31,49H,(H,50,51,52). The van der Waals surface area contributed by atoms with E-state index in [1.165, 1.54) is 33.0 Å². The van der Waals surface area contributed by atoms with Crippen molar-refractivity contribution in [1.82, 2.24) is 5.32 Å². The quantitative estimate of drug-likeness (QED) is 0.190. The average molecular weight is 680 g/mol. The summed E-state index contributed by atoms with van der Waals surface area (Å²) in [7, 11) is 0. The largest absolute Gasteiger partial charge is 0.456 e. The monoisotopic (exact) mass is 679 g/mol. The second kappa shape index (κ2) is 12.9. The van der Waals surface area contributed by atoms with Gasteiger partial charge in [-0.1, -0.05) is 170 Å². The van der Waals surface area contributed by atoms with Crippen molar-refractivity contribution in [3.63, 3.8) is 0 Å². The number of rotatable bonds is 6. The molecule has 1 N–H and O–H groups in total. The van der Waals surface area contributed by atoms with Crippen molar-refractivity contribution in [1.29, 1.82) is 0 Å². The van der Waals surface area contributed by atoms with Crippen molar-refractivity contribution >= 4 is 44.4 Å². The fraction of sp³-hybridized carbons (Fsp3) is 0.0204. The van der Waals surface area contributed by atoms with Gasteiger partial charge in [-0.3, -0.25) is 0 Å². The summed E-state index contributed by atoms with van der Waals surface area (Å²) < 4.78 is 6.62. The van der Waals surface area contributed by atoms with Crippen LogP contribution in [0.2, 0.25) is 0 Å². The van der Waals surface area contributed by atoms with Gasteiger partial charge in [0.25, 0.3) is 0 Å². The van der Waals surface area contributed by atoms with E-state index in [0.29, 0.717) is 5.84 Å². The molecule has 53 heavy (non-hydrogen) atoms. The Hall–Kier alpha value is -7.04. The number of furan rings is 1. The first-order chi connectivity index (χ1) is 26.3. The van der Waals surface area contributed by atoms with E-state index in [-0.39, 0.29) is 6.17 Å². The van der Waals surface area contributed by atoms with Gasteiger partial charge in [0.05, 0.1) is 0 Å². The minimum atomic E-state index is -0.384. The molecular formula is C49H33N3O. The summed E-state index contributed by atoms with van der Waals surface area (Å²) in [5.41, 5.74) is 11.7. The lowest BCUT2D eigenvalue weighted by Crippen LogP contribution is -2.33. The molecule has 0 saturated heterocycles. The predicted octanol–water partition coefficient (Wildman–Crippen LogP) is 12.2. The molecule has 1 atom stereocenters. The Morgan fingerprint density at radius 1 is 0.415 bits per heavy atom. The predicted molar refractivity (Wildman–Crippen MR) is 219 cm³/mol. The summed E-state index contributed by atoms with van der Waals surface area (Å²) in [6.07, 6.45) is -0.384. The SMILES string of the molecule is c1ccc(C2=NC(c3cccc4oc5cc(-c6ccc(-c7ccccc7)c7ccccc67)ccc5c34)NC(c3ccc(-c4ccccc4)cc3)=N2)cc1. The molecule has 2 heterocycles. The van der Waals surface area contributed by atoms with Gasteiger partial charge in [0.15, 0.2) is 5.84 Å². The van der Waals surface area contributed by atoms with E-state index in [2.05, 4.69) is 163 Å². The summed E-state index contributed by atoms with van der Waals surface area (Å²) in [4.78, 5) is 10.3. The maximum absolute atomic E-state index is 6.62. The van der Waals surface area contributed by atoms with Crippen LogP contribution in [0.4, 0.5) is 0 Å². The van der Waals surface area contributed by atoms with Gasteiger partial charge in [-0.2, -0.15) is 0 Å². The Balaban J connectivity index is 1.06. The number of hydrogen-bond acceptors (Lipinski definition) is 4. The number of nitrogens with one attached hydrogen (secondary N) is 1. The van der Waals surface area contributed by atoms with Crippen LogP contribution in [0.3, 0.4) is 0 Å². The molecular weight excluding hydrogens is 647 g/mol. The molecule has 1 aromatic heterocycles. The molecule has 0 amide bonds. The van der Waals surface area contributed by atoms with Crippen LogP contribution in [0.15, 0.2) is 202 Å². The molecule has 1 aliphatic rings. The number of hydrogen-bond donors (Lipinski definition) is 1. The van der Waals surface area contributed by atoms with E-state index in [9.17, 15) is 0 Å². The molecule has 1 unspecified atom stereocenters.